The molecule has 7 heteroatoms. The number of methoxy groups -OCH3 is 2. The molecule has 0 bridgehead atoms. The summed E-state index contributed by atoms with van der Waals surface area (Å²) in [6, 6.07) is 12.2. The smallest absolute Gasteiger partial charge is 0.161 e. The monoisotopic (exact) mass is 381 g/mol. The van der Waals surface area contributed by atoms with Crippen LogP contribution in [0.1, 0.15) is 0 Å². The third-order valence-corrected chi connectivity index (χ3v) is 5.08. The summed E-state index contributed by atoms with van der Waals surface area (Å²) in [6.07, 6.45) is 1.47. The number of nitrogens with one attached hydrogen (secondary N) is 1. The molecule has 2 aromatic carbocycles. The molecule has 0 fully saturated rings. The number of rotatable bonds is 5. The van der Waals surface area contributed by atoms with Gasteiger partial charge in [0, 0.05) is 10.9 Å². The van der Waals surface area contributed by atoms with Gasteiger partial charge >= 0.3 is 0 Å². The average molecular weight is 381 g/mol. The van der Waals surface area contributed by atoms with Crippen molar-refractivity contribution in [1.29, 1.82) is 0 Å². The van der Waals surface area contributed by atoms with Crippen molar-refractivity contribution in [2.45, 2.75) is 0 Å². The van der Waals surface area contributed by atoms with Gasteiger partial charge in [-0.15, -0.1) is 11.3 Å². The van der Waals surface area contributed by atoms with Crippen LogP contribution in [0.25, 0.3) is 21.3 Å². The molecule has 1 N–H and O–H groups in total. The molecule has 0 unspecified atom stereocenters. The van der Waals surface area contributed by atoms with Crippen LogP contribution in [-0.2, 0) is 0 Å². The Morgan fingerprint density at radius 2 is 1.81 bits per heavy atom. The second-order valence-corrected chi connectivity index (χ2v) is 6.58. The fourth-order valence-electron chi connectivity index (χ4n) is 2.88. The average Bonchev–Trinajstić information content (AvgIpc) is 3.14. The second kappa shape index (κ2) is 7.20. The Morgan fingerprint density at radius 1 is 1.00 bits per heavy atom. The Labute approximate surface area is 159 Å². The van der Waals surface area contributed by atoms with Crippen LogP contribution in [-0.4, -0.2) is 24.2 Å². The van der Waals surface area contributed by atoms with Gasteiger partial charge in [0.25, 0.3) is 0 Å². The number of anilines is 2. The Morgan fingerprint density at radius 3 is 2.59 bits per heavy atom. The molecule has 0 atom stereocenters. The van der Waals surface area contributed by atoms with E-state index in [0.29, 0.717) is 23.0 Å². The Hall–Kier alpha value is -3.19. The van der Waals surface area contributed by atoms with Gasteiger partial charge in [-0.25, -0.2) is 14.4 Å². The minimum Gasteiger partial charge on any atom is -0.493 e. The van der Waals surface area contributed by atoms with Crippen molar-refractivity contribution in [1.82, 2.24) is 9.97 Å². The van der Waals surface area contributed by atoms with E-state index in [0.717, 1.165) is 21.3 Å². The molecule has 0 aliphatic rings. The summed E-state index contributed by atoms with van der Waals surface area (Å²) < 4.78 is 24.8. The van der Waals surface area contributed by atoms with Crippen molar-refractivity contribution < 1.29 is 13.9 Å². The predicted molar refractivity (Wildman–Crippen MR) is 106 cm³/mol. The van der Waals surface area contributed by atoms with E-state index in [4.69, 9.17) is 9.47 Å². The van der Waals surface area contributed by atoms with Crippen molar-refractivity contribution >= 4 is 33.1 Å². The molecule has 0 radical (unpaired) electrons. The fourth-order valence-corrected chi connectivity index (χ4v) is 3.79. The third kappa shape index (κ3) is 3.17. The van der Waals surface area contributed by atoms with Crippen molar-refractivity contribution in [3.63, 3.8) is 0 Å². The minimum atomic E-state index is -0.341. The lowest BCUT2D eigenvalue weighted by atomic mass is 10.1. The molecule has 0 aliphatic heterocycles. The molecular weight excluding hydrogens is 365 g/mol. The van der Waals surface area contributed by atoms with Crippen LogP contribution in [0.15, 0.2) is 54.2 Å². The van der Waals surface area contributed by atoms with Crippen LogP contribution in [0.3, 0.4) is 0 Å². The van der Waals surface area contributed by atoms with Crippen LogP contribution in [0.5, 0.6) is 11.5 Å². The number of aromatic nitrogens is 2. The van der Waals surface area contributed by atoms with Gasteiger partial charge in [-0.3, -0.25) is 0 Å². The molecule has 2 heterocycles. The molecule has 5 nitrogen and oxygen atoms in total. The van der Waals surface area contributed by atoms with E-state index < -0.39 is 0 Å². The summed E-state index contributed by atoms with van der Waals surface area (Å²) in [6.45, 7) is 0. The highest BCUT2D eigenvalue weighted by Crippen LogP contribution is 2.40. The molecule has 4 rings (SSSR count). The number of hydrogen-bond acceptors (Lipinski definition) is 6. The molecule has 136 valence electrons. The molecule has 0 spiro atoms. The minimum absolute atomic E-state index is 0.341. The van der Waals surface area contributed by atoms with Gasteiger partial charge in [-0.2, -0.15) is 0 Å². The summed E-state index contributed by atoms with van der Waals surface area (Å²) in [5.74, 6) is 1.50. The number of ether oxygens (including phenoxy) is 2. The van der Waals surface area contributed by atoms with E-state index >= 15 is 0 Å². The highest BCUT2D eigenvalue weighted by Gasteiger charge is 2.16. The number of hydrogen-bond donors (Lipinski definition) is 1. The van der Waals surface area contributed by atoms with Gasteiger partial charge in [0.2, 0.25) is 0 Å². The summed E-state index contributed by atoms with van der Waals surface area (Å²) in [5, 5.41) is 5.93. The topological polar surface area (TPSA) is 56.3 Å². The fraction of sp³-hybridized carbons (Fsp3) is 0.100. The lowest BCUT2D eigenvalue weighted by molar-refractivity contribution is 0.355. The van der Waals surface area contributed by atoms with E-state index in [2.05, 4.69) is 15.3 Å². The second-order valence-electron chi connectivity index (χ2n) is 5.73. The van der Waals surface area contributed by atoms with E-state index in [1.165, 1.54) is 23.7 Å². The molecule has 4 aromatic rings. The molecule has 0 aliphatic carbocycles. The SMILES string of the molecule is COc1ccc(-c2csc3ncnc(Nc4ccccc4F)c23)cc1OC. The zero-order chi connectivity index (χ0) is 18.8. The maximum atomic E-state index is 14.1. The molecule has 0 saturated carbocycles. The number of para-hydroxylation sites is 1. The lowest BCUT2D eigenvalue weighted by Crippen LogP contribution is -1.97. The first-order valence-corrected chi connectivity index (χ1v) is 9.05. The van der Waals surface area contributed by atoms with Crippen LogP contribution < -0.4 is 14.8 Å². The van der Waals surface area contributed by atoms with Crippen LogP contribution in [0.4, 0.5) is 15.9 Å². The zero-order valence-corrected chi connectivity index (χ0v) is 15.5. The lowest BCUT2D eigenvalue weighted by Gasteiger charge is -2.11. The zero-order valence-electron chi connectivity index (χ0n) is 14.7. The van der Waals surface area contributed by atoms with Gasteiger partial charge in [-0.1, -0.05) is 18.2 Å². The van der Waals surface area contributed by atoms with Crippen LogP contribution in [0, 0.1) is 5.82 Å². The van der Waals surface area contributed by atoms with E-state index in [9.17, 15) is 4.39 Å². The van der Waals surface area contributed by atoms with Crippen molar-refractivity contribution in [3.05, 3.63) is 60.0 Å². The van der Waals surface area contributed by atoms with Crippen LogP contribution in [0.2, 0.25) is 0 Å². The Balaban J connectivity index is 1.85. The number of nitrogens with zero attached hydrogens (tertiary/aromatic N) is 2. The highest BCUT2D eigenvalue weighted by atomic mass is 32.1. The highest BCUT2D eigenvalue weighted by molar-refractivity contribution is 7.17. The normalized spacial score (nSPS) is 10.8. The van der Waals surface area contributed by atoms with Crippen molar-refractivity contribution in [2.24, 2.45) is 0 Å². The van der Waals surface area contributed by atoms with Gasteiger partial charge in [-0.05, 0) is 29.8 Å². The first-order valence-electron chi connectivity index (χ1n) is 8.17. The molecule has 2 aromatic heterocycles. The number of benzene rings is 2. The Bertz CT molecular complexity index is 1110. The molecular formula is C20H16FN3O2S. The summed E-state index contributed by atoms with van der Waals surface area (Å²) in [7, 11) is 3.20. The maximum Gasteiger partial charge on any atom is 0.161 e. The van der Waals surface area contributed by atoms with Gasteiger partial charge in [0.05, 0.1) is 25.3 Å². The number of halogens is 1. The maximum absolute atomic E-state index is 14.1. The number of fused-ring (bicyclic) bond motifs is 1. The molecule has 27 heavy (non-hydrogen) atoms. The predicted octanol–water partition coefficient (Wildman–Crippen LogP) is 5.26. The van der Waals surface area contributed by atoms with Gasteiger partial charge in [0.1, 0.15) is 22.8 Å². The van der Waals surface area contributed by atoms with Crippen LogP contribution >= 0.6 is 11.3 Å². The molecule has 0 amide bonds. The quantitative estimate of drug-likeness (QED) is 0.511. The summed E-state index contributed by atoms with van der Waals surface area (Å²) in [5.41, 5.74) is 2.24. The molecule has 0 saturated heterocycles. The standard InChI is InChI=1S/C20H16FN3O2S/c1-25-16-8-7-12(9-17(16)26-2)13-10-27-20-18(13)19(22-11-23-20)24-15-6-4-3-5-14(15)21/h3-11H,1-2H3,(H,22,23,24). The first kappa shape index (κ1) is 17.2. The first-order chi connectivity index (χ1) is 13.2. The third-order valence-electron chi connectivity index (χ3n) is 4.19. The summed E-state index contributed by atoms with van der Waals surface area (Å²) in [4.78, 5) is 9.50. The van der Waals surface area contributed by atoms with E-state index in [1.807, 2.05) is 23.6 Å². The van der Waals surface area contributed by atoms with Crippen molar-refractivity contribution in [2.75, 3.05) is 19.5 Å². The van der Waals surface area contributed by atoms with E-state index in [1.54, 1.807) is 32.4 Å². The van der Waals surface area contributed by atoms with E-state index in [-0.39, 0.29) is 5.82 Å². The number of thiophene rings is 1. The van der Waals surface area contributed by atoms with Crippen molar-refractivity contribution in [3.8, 4) is 22.6 Å². The summed E-state index contributed by atoms with van der Waals surface area (Å²) >= 11 is 1.50. The van der Waals surface area contributed by atoms with Gasteiger partial charge in [0.15, 0.2) is 11.5 Å². The van der Waals surface area contributed by atoms with Gasteiger partial charge < -0.3 is 14.8 Å². The largest absolute Gasteiger partial charge is 0.493 e. The Kier molecular flexibility index (Phi) is 4.60.